The molecule has 5 heteroatoms. The lowest BCUT2D eigenvalue weighted by Gasteiger charge is -2.19. The molecule has 2 aromatic carbocycles. The van der Waals surface area contributed by atoms with Crippen LogP contribution in [-0.4, -0.2) is 20.7 Å². The Kier molecular flexibility index (Phi) is 6.39. The first-order valence-corrected chi connectivity index (χ1v) is 10.2. The van der Waals surface area contributed by atoms with E-state index in [0.717, 1.165) is 4.47 Å². The average molecular weight is 397 g/mol. The Morgan fingerprint density at radius 1 is 1.00 bits per heavy atom. The van der Waals surface area contributed by atoms with E-state index in [4.69, 9.17) is 0 Å². The van der Waals surface area contributed by atoms with Crippen LogP contribution in [0, 0.1) is 5.92 Å². The van der Waals surface area contributed by atoms with E-state index in [-0.39, 0.29) is 11.8 Å². The van der Waals surface area contributed by atoms with Gasteiger partial charge in [-0.2, -0.15) is 0 Å². The number of benzene rings is 2. The van der Waals surface area contributed by atoms with Crippen molar-refractivity contribution >= 4 is 25.8 Å². The van der Waals surface area contributed by atoms with E-state index in [1.165, 1.54) is 5.56 Å². The van der Waals surface area contributed by atoms with Gasteiger partial charge in [0.15, 0.2) is 9.84 Å². The molecular formula is C18H23BrNO2S+. The van der Waals surface area contributed by atoms with Gasteiger partial charge in [0.25, 0.3) is 0 Å². The Bertz CT molecular complexity index is 712. The van der Waals surface area contributed by atoms with Crippen LogP contribution < -0.4 is 5.32 Å². The third-order valence-electron chi connectivity index (χ3n) is 3.88. The summed E-state index contributed by atoms with van der Waals surface area (Å²) in [4.78, 5) is 0.384. The number of nitrogens with two attached hydrogens (primary N) is 1. The van der Waals surface area contributed by atoms with E-state index in [1.807, 2.05) is 18.2 Å². The molecule has 0 heterocycles. The highest BCUT2D eigenvalue weighted by Gasteiger charge is 2.21. The predicted molar refractivity (Wildman–Crippen MR) is 97.0 cm³/mol. The zero-order chi connectivity index (χ0) is 16.9. The molecule has 0 saturated heterocycles. The van der Waals surface area contributed by atoms with Crippen LogP contribution in [0.5, 0.6) is 0 Å². The van der Waals surface area contributed by atoms with Crippen LogP contribution in [0.4, 0.5) is 0 Å². The number of halogens is 1. The summed E-state index contributed by atoms with van der Waals surface area (Å²) in [5.74, 6) is 0.581. The smallest absolute Gasteiger partial charge is 0.183 e. The Morgan fingerprint density at radius 3 is 2.17 bits per heavy atom. The largest absolute Gasteiger partial charge is 0.339 e. The van der Waals surface area contributed by atoms with E-state index in [2.05, 4.69) is 47.2 Å². The molecule has 0 aromatic heterocycles. The standard InChI is InChI=1S/C18H22BrNO2S/c1-14(2)18(15-6-4-3-5-7-15)20-12-13-23(21,22)17-10-8-16(19)9-11-17/h3-11,14,18,20H,12-13H2,1-2H3/p+1/t18-/m0/s1. The number of sulfone groups is 1. The zero-order valence-electron chi connectivity index (χ0n) is 13.4. The van der Waals surface area contributed by atoms with Gasteiger partial charge in [-0.1, -0.05) is 60.1 Å². The Hall–Kier alpha value is -1.17. The summed E-state index contributed by atoms with van der Waals surface area (Å²) >= 11 is 3.32. The van der Waals surface area contributed by atoms with Crippen molar-refractivity contribution in [1.29, 1.82) is 0 Å². The van der Waals surface area contributed by atoms with Gasteiger partial charge in [-0.3, -0.25) is 0 Å². The lowest BCUT2D eigenvalue weighted by Crippen LogP contribution is -2.87. The second-order valence-corrected chi connectivity index (χ2v) is 9.00. The third-order valence-corrected chi connectivity index (χ3v) is 6.17. The van der Waals surface area contributed by atoms with E-state index in [9.17, 15) is 8.42 Å². The highest BCUT2D eigenvalue weighted by molar-refractivity contribution is 9.10. The van der Waals surface area contributed by atoms with Gasteiger partial charge >= 0.3 is 0 Å². The van der Waals surface area contributed by atoms with E-state index in [0.29, 0.717) is 17.4 Å². The van der Waals surface area contributed by atoms with Gasteiger partial charge in [0, 0.05) is 16.0 Å². The molecule has 0 fully saturated rings. The zero-order valence-corrected chi connectivity index (χ0v) is 15.8. The first kappa shape index (κ1) is 18.2. The maximum Gasteiger partial charge on any atom is 0.183 e. The van der Waals surface area contributed by atoms with Gasteiger partial charge in [0.2, 0.25) is 0 Å². The van der Waals surface area contributed by atoms with E-state index < -0.39 is 9.84 Å². The Balaban J connectivity index is 2.01. The summed E-state index contributed by atoms with van der Waals surface area (Å²) in [6, 6.07) is 17.3. The molecule has 0 radical (unpaired) electrons. The Morgan fingerprint density at radius 2 is 1.61 bits per heavy atom. The van der Waals surface area contributed by atoms with Gasteiger partial charge in [-0.05, 0) is 24.3 Å². The fourth-order valence-corrected chi connectivity index (χ4v) is 4.13. The summed E-state index contributed by atoms with van der Waals surface area (Å²) in [6.45, 7) is 4.88. The molecule has 0 aliphatic carbocycles. The minimum Gasteiger partial charge on any atom is -0.339 e. The third kappa shape index (κ3) is 5.16. The summed E-state index contributed by atoms with van der Waals surface area (Å²) in [5, 5.41) is 2.14. The van der Waals surface area contributed by atoms with E-state index in [1.54, 1.807) is 24.3 Å². The van der Waals surface area contributed by atoms with Crippen molar-refractivity contribution in [3.63, 3.8) is 0 Å². The number of hydrogen-bond donors (Lipinski definition) is 1. The summed E-state index contributed by atoms with van der Waals surface area (Å²) in [6.07, 6.45) is 0. The highest BCUT2D eigenvalue weighted by atomic mass is 79.9. The number of quaternary nitrogens is 1. The first-order valence-electron chi connectivity index (χ1n) is 7.77. The van der Waals surface area contributed by atoms with Crippen molar-refractivity contribution in [3.05, 3.63) is 64.6 Å². The second-order valence-electron chi connectivity index (χ2n) is 5.98. The van der Waals surface area contributed by atoms with Crippen LogP contribution in [0.2, 0.25) is 0 Å². The molecule has 0 aliphatic heterocycles. The van der Waals surface area contributed by atoms with Crippen molar-refractivity contribution in [2.45, 2.75) is 24.8 Å². The lowest BCUT2D eigenvalue weighted by atomic mass is 9.96. The summed E-state index contributed by atoms with van der Waals surface area (Å²) < 4.78 is 25.7. The molecule has 0 spiro atoms. The van der Waals surface area contributed by atoms with Crippen LogP contribution in [0.1, 0.15) is 25.5 Å². The maximum atomic E-state index is 12.4. The minimum absolute atomic E-state index is 0.144. The molecule has 0 saturated carbocycles. The molecule has 124 valence electrons. The van der Waals surface area contributed by atoms with Gasteiger partial charge in [0.1, 0.15) is 11.8 Å². The molecule has 2 N–H and O–H groups in total. The topological polar surface area (TPSA) is 50.8 Å². The minimum atomic E-state index is -3.23. The molecule has 0 amide bonds. The van der Waals surface area contributed by atoms with Crippen LogP contribution in [0.25, 0.3) is 0 Å². The number of hydrogen-bond acceptors (Lipinski definition) is 2. The fourth-order valence-electron chi connectivity index (χ4n) is 2.63. The van der Waals surface area contributed by atoms with Crippen molar-refractivity contribution < 1.29 is 13.7 Å². The highest BCUT2D eigenvalue weighted by Crippen LogP contribution is 2.18. The fraction of sp³-hybridized carbons (Fsp3) is 0.333. The van der Waals surface area contributed by atoms with Crippen LogP contribution in [0.15, 0.2) is 64.0 Å². The summed E-state index contributed by atoms with van der Waals surface area (Å²) in [5.41, 5.74) is 1.24. The second kappa shape index (κ2) is 8.08. The van der Waals surface area contributed by atoms with Crippen LogP contribution >= 0.6 is 15.9 Å². The van der Waals surface area contributed by atoms with Crippen molar-refractivity contribution in [1.82, 2.24) is 0 Å². The van der Waals surface area contributed by atoms with Crippen molar-refractivity contribution in [3.8, 4) is 0 Å². The van der Waals surface area contributed by atoms with Crippen LogP contribution in [-0.2, 0) is 9.84 Å². The summed E-state index contributed by atoms with van der Waals surface area (Å²) in [7, 11) is -3.23. The van der Waals surface area contributed by atoms with Gasteiger partial charge in [-0.15, -0.1) is 0 Å². The normalized spacial score (nSPS) is 13.2. The van der Waals surface area contributed by atoms with Crippen molar-refractivity contribution in [2.24, 2.45) is 5.92 Å². The van der Waals surface area contributed by atoms with Crippen molar-refractivity contribution in [2.75, 3.05) is 12.3 Å². The van der Waals surface area contributed by atoms with Gasteiger partial charge < -0.3 is 5.32 Å². The van der Waals surface area contributed by atoms with Gasteiger partial charge in [0.05, 0.1) is 11.4 Å². The quantitative estimate of drug-likeness (QED) is 0.780. The first-order chi connectivity index (χ1) is 10.9. The monoisotopic (exact) mass is 396 g/mol. The molecule has 0 aliphatic rings. The van der Waals surface area contributed by atoms with Crippen LogP contribution in [0.3, 0.4) is 0 Å². The molecule has 0 bridgehead atoms. The maximum absolute atomic E-state index is 12.4. The van der Waals surface area contributed by atoms with Gasteiger partial charge in [-0.25, -0.2) is 8.42 Å². The molecule has 1 atom stereocenters. The SMILES string of the molecule is CC(C)[C@H]([NH2+]CCS(=O)(=O)c1ccc(Br)cc1)c1ccccc1. The van der Waals surface area contributed by atoms with E-state index >= 15 is 0 Å². The number of rotatable bonds is 7. The molecule has 2 aromatic rings. The molecular weight excluding hydrogens is 374 g/mol. The molecule has 2 rings (SSSR count). The lowest BCUT2D eigenvalue weighted by molar-refractivity contribution is -0.698. The molecule has 3 nitrogen and oxygen atoms in total. The predicted octanol–water partition coefficient (Wildman–Crippen LogP) is 3.18. The Labute approximate surface area is 147 Å². The average Bonchev–Trinajstić information content (AvgIpc) is 2.52. The molecule has 0 unspecified atom stereocenters. The molecule has 23 heavy (non-hydrogen) atoms.